The highest BCUT2D eigenvalue weighted by Gasteiger charge is 2.21. The predicted octanol–water partition coefficient (Wildman–Crippen LogP) is 2.72. The van der Waals surface area contributed by atoms with Crippen LogP contribution in [0.15, 0.2) is 58.5 Å². The van der Waals surface area contributed by atoms with E-state index < -0.39 is 17.2 Å². The summed E-state index contributed by atoms with van der Waals surface area (Å²) in [4.78, 5) is 41.9. The number of amides is 3. The molecule has 1 aromatic heterocycles. The van der Waals surface area contributed by atoms with E-state index in [-0.39, 0.29) is 5.56 Å². The van der Waals surface area contributed by atoms with Gasteiger partial charge in [-0.05, 0) is 38.1 Å². The van der Waals surface area contributed by atoms with Crippen LogP contribution in [-0.2, 0) is 4.79 Å². The Morgan fingerprint density at radius 3 is 2.70 bits per heavy atom. The van der Waals surface area contributed by atoms with Crippen LogP contribution in [0.25, 0.3) is 16.6 Å². The van der Waals surface area contributed by atoms with Crippen LogP contribution in [0.1, 0.15) is 13.8 Å². The van der Waals surface area contributed by atoms with E-state index in [1.165, 1.54) is 4.57 Å². The van der Waals surface area contributed by atoms with E-state index in [0.717, 1.165) is 11.8 Å². The molecule has 3 aromatic rings. The molecule has 1 atom stereocenters. The van der Waals surface area contributed by atoms with Crippen molar-refractivity contribution in [1.82, 2.24) is 20.2 Å². The minimum atomic E-state index is -0.669. The zero-order chi connectivity index (χ0) is 21.7. The number of urea groups is 1. The minimum Gasteiger partial charge on any atom is -0.497 e. The van der Waals surface area contributed by atoms with Gasteiger partial charge in [0, 0.05) is 12.6 Å². The number of methoxy groups -OCH3 is 1. The summed E-state index contributed by atoms with van der Waals surface area (Å²) in [6, 6.07) is 13.5. The molecule has 0 saturated heterocycles. The molecule has 0 aliphatic rings. The fourth-order valence-electron chi connectivity index (χ4n) is 2.80. The lowest BCUT2D eigenvalue weighted by Gasteiger charge is -2.16. The number of rotatable bonds is 6. The second-order valence-electron chi connectivity index (χ2n) is 6.36. The van der Waals surface area contributed by atoms with Crippen LogP contribution in [0.4, 0.5) is 4.79 Å². The summed E-state index contributed by atoms with van der Waals surface area (Å²) in [5.41, 5.74) is 0.838. The number of thioether (sulfide) groups is 1. The lowest BCUT2D eigenvalue weighted by molar-refractivity contribution is -0.119. The minimum absolute atomic E-state index is 0.257. The third-order valence-corrected chi connectivity index (χ3v) is 5.33. The van der Waals surface area contributed by atoms with Gasteiger partial charge in [0.25, 0.3) is 5.56 Å². The summed E-state index contributed by atoms with van der Waals surface area (Å²) in [6.07, 6.45) is 0. The number of benzene rings is 2. The van der Waals surface area contributed by atoms with Gasteiger partial charge in [-0.1, -0.05) is 30.0 Å². The summed E-state index contributed by atoms with van der Waals surface area (Å²) in [5.74, 6) is 0.107. The van der Waals surface area contributed by atoms with Crippen LogP contribution < -0.4 is 20.9 Å². The Labute approximate surface area is 177 Å². The first-order chi connectivity index (χ1) is 14.4. The first-order valence-corrected chi connectivity index (χ1v) is 10.2. The molecule has 30 heavy (non-hydrogen) atoms. The zero-order valence-electron chi connectivity index (χ0n) is 16.8. The van der Waals surface area contributed by atoms with Gasteiger partial charge in [-0.2, -0.15) is 0 Å². The van der Waals surface area contributed by atoms with Crippen molar-refractivity contribution in [2.45, 2.75) is 24.3 Å². The maximum absolute atomic E-state index is 13.3. The van der Waals surface area contributed by atoms with Gasteiger partial charge in [0.1, 0.15) is 5.75 Å². The Morgan fingerprint density at radius 2 is 1.97 bits per heavy atom. The first kappa shape index (κ1) is 21.4. The van der Waals surface area contributed by atoms with Crippen LogP contribution in [0.3, 0.4) is 0 Å². The average molecular weight is 426 g/mol. The van der Waals surface area contributed by atoms with E-state index in [2.05, 4.69) is 15.6 Å². The molecule has 2 aromatic carbocycles. The number of aromatic nitrogens is 2. The van der Waals surface area contributed by atoms with Crippen molar-refractivity contribution in [3.05, 3.63) is 58.9 Å². The van der Waals surface area contributed by atoms with Crippen LogP contribution >= 0.6 is 11.8 Å². The molecule has 8 nitrogen and oxygen atoms in total. The highest BCUT2D eigenvalue weighted by molar-refractivity contribution is 8.00. The number of carbonyl (C=O) groups excluding carboxylic acids is 2. The monoisotopic (exact) mass is 426 g/mol. The number of nitrogens with one attached hydrogen (secondary N) is 2. The van der Waals surface area contributed by atoms with Gasteiger partial charge >= 0.3 is 6.03 Å². The molecule has 0 spiro atoms. The fourth-order valence-corrected chi connectivity index (χ4v) is 3.73. The number of para-hydroxylation sites is 1. The second-order valence-corrected chi connectivity index (χ2v) is 7.67. The van der Waals surface area contributed by atoms with Gasteiger partial charge in [-0.25, -0.2) is 9.78 Å². The molecule has 0 fully saturated rings. The summed E-state index contributed by atoms with van der Waals surface area (Å²) >= 11 is 1.09. The first-order valence-electron chi connectivity index (χ1n) is 9.36. The highest BCUT2D eigenvalue weighted by Crippen LogP contribution is 2.26. The number of hydrogen-bond acceptors (Lipinski definition) is 6. The zero-order valence-corrected chi connectivity index (χ0v) is 17.7. The number of fused-ring (bicyclic) bond motifs is 1. The standard InChI is InChI=1S/C21H22N4O4S/c1-4-22-20(28)24-18(26)13(2)30-21-23-17-11-6-5-10-16(17)19(27)25(21)14-8-7-9-15(12-14)29-3/h5-13H,4H2,1-3H3,(H2,22,24,26,28). The Balaban J connectivity index is 2.05. The second kappa shape index (κ2) is 9.45. The van der Waals surface area contributed by atoms with Crippen molar-refractivity contribution < 1.29 is 14.3 Å². The summed E-state index contributed by atoms with van der Waals surface area (Å²) < 4.78 is 6.73. The molecule has 0 bridgehead atoms. The SMILES string of the molecule is CCNC(=O)NC(=O)C(C)Sc1nc2ccccc2c(=O)n1-c1cccc(OC)c1. The van der Waals surface area contributed by atoms with Crippen LogP contribution in [0.2, 0.25) is 0 Å². The number of imide groups is 1. The van der Waals surface area contributed by atoms with Crippen LogP contribution in [0.5, 0.6) is 5.75 Å². The van der Waals surface area contributed by atoms with Gasteiger partial charge in [-0.15, -0.1) is 0 Å². The normalized spacial score (nSPS) is 11.7. The maximum Gasteiger partial charge on any atom is 0.321 e. The van der Waals surface area contributed by atoms with Crippen molar-refractivity contribution in [1.29, 1.82) is 0 Å². The Kier molecular flexibility index (Phi) is 6.73. The van der Waals surface area contributed by atoms with Crippen molar-refractivity contribution in [2.24, 2.45) is 0 Å². The molecule has 0 aliphatic carbocycles. The number of ether oxygens (including phenoxy) is 1. The molecular formula is C21H22N4O4S. The van der Waals surface area contributed by atoms with Crippen molar-refractivity contribution in [3.8, 4) is 11.4 Å². The van der Waals surface area contributed by atoms with Crippen molar-refractivity contribution in [2.75, 3.05) is 13.7 Å². The van der Waals surface area contributed by atoms with Crippen molar-refractivity contribution >= 4 is 34.6 Å². The van der Waals surface area contributed by atoms with Crippen molar-refractivity contribution in [3.63, 3.8) is 0 Å². The predicted molar refractivity (Wildman–Crippen MR) is 116 cm³/mol. The third-order valence-electron chi connectivity index (χ3n) is 4.28. The van der Waals surface area contributed by atoms with Gasteiger partial charge < -0.3 is 10.1 Å². The van der Waals surface area contributed by atoms with Gasteiger partial charge in [-0.3, -0.25) is 19.5 Å². The van der Waals surface area contributed by atoms with E-state index >= 15 is 0 Å². The topological polar surface area (TPSA) is 102 Å². The van der Waals surface area contributed by atoms with Crippen LogP contribution in [0, 0.1) is 0 Å². The average Bonchev–Trinajstić information content (AvgIpc) is 2.74. The number of nitrogens with zero attached hydrogens (tertiary/aromatic N) is 2. The molecule has 3 rings (SSSR count). The molecule has 1 unspecified atom stereocenters. The quantitative estimate of drug-likeness (QED) is 0.464. The Morgan fingerprint density at radius 1 is 1.20 bits per heavy atom. The lowest BCUT2D eigenvalue weighted by atomic mass is 10.2. The molecule has 0 aliphatic heterocycles. The van der Waals surface area contributed by atoms with E-state index in [9.17, 15) is 14.4 Å². The van der Waals surface area contributed by atoms with Gasteiger partial charge in [0.15, 0.2) is 5.16 Å². The van der Waals surface area contributed by atoms with E-state index in [4.69, 9.17) is 4.74 Å². The Hall–Kier alpha value is -3.33. The molecule has 1 heterocycles. The maximum atomic E-state index is 13.3. The molecule has 0 radical (unpaired) electrons. The Bertz CT molecular complexity index is 1150. The summed E-state index contributed by atoms with van der Waals surface area (Å²) in [6.45, 7) is 3.81. The fraction of sp³-hybridized carbons (Fsp3) is 0.238. The van der Waals surface area contributed by atoms with E-state index in [1.807, 2.05) is 0 Å². The molecule has 3 amide bonds. The lowest BCUT2D eigenvalue weighted by Crippen LogP contribution is -2.42. The molecule has 156 valence electrons. The summed E-state index contributed by atoms with van der Waals surface area (Å²) in [7, 11) is 1.55. The third kappa shape index (κ3) is 4.62. The number of carbonyl (C=O) groups is 2. The smallest absolute Gasteiger partial charge is 0.321 e. The molecule has 0 saturated carbocycles. The number of hydrogen-bond donors (Lipinski definition) is 2. The van der Waals surface area contributed by atoms with Gasteiger partial charge in [0.2, 0.25) is 5.91 Å². The molecule has 2 N–H and O–H groups in total. The summed E-state index contributed by atoms with van der Waals surface area (Å²) in [5, 5.41) is 4.93. The van der Waals surface area contributed by atoms with Gasteiger partial charge in [0.05, 0.1) is 29.0 Å². The molecule has 9 heteroatoms. The van der Waals surface area contributed by atoms with Crippen LogP contribution in [-0.4, -0.2) is 40.4 Å². The van der Waals surface area contributed by atoms with E-state index in [0.29, 0.717) is 34.0 Å². The highest BCUT2D eigenvalue weighted by atomic mass is 32.2. The largest absolute Gasteiger partial charge is 0.497 e. The molecular weight excluding hydrogens is 404 g/mol. The van der Waals surface area contributed by atoms with E-state index in [1.54, 1.807) is 69.5 Å².